The summed E-state index contributed by atoms with van der Waals surface area (Å²) >= 11 is 3.14. The first-order chi connectivity index (χ1) is 10.4. The third-order valence-electron chi connectivity index (χ3n) is 3.17. The molecule has 118 valence electrons. The number of benzene rings is 1. The van der Waals surface area contributed by atoms with Gasteiger partial charge < -0.3 is 15.2 Å². The van der Waals surface area contributed by atoms with Crippen LogP contribution in [0, 0.1) is 0 Å². The van der Waals surface area contributed by atoms with Crippen LogP contribution in [0.3, 0.4) is 0 Å². The van der Waals surface area contributed by atoms with E-state index in [2.05, 4.69) is 26.7 Å². The second-order valence-electron chi connectivity index (χ2n) is 4.85. The maximum Gasteiger partial charge on any atom is 0.408 e. The number of carbonyl (C=O) groups is 2. The highest BCUT2D eigenvalue weighted by molar-refractivity contribution is 9.11. The second kappa shape index (κ2) is 6.80. The van der Waals surface area contributed by atoms with Crippen LogP contribution in [0.2, 0.25) is 0 Å². The molecular formula is C14H15BrN2O5. The minimum Gasteiger partial charge on any atom is -0.479 e. The lowest BCUT2D eigenvalue weighted by Gasteiger charge is -2.29. The largest absolute Gasteiger partial charge is 0.479 e. The number of halogens is 1. The molecule has 1 aromatic carbocycles. The Bertz CT molecular complexity index is 592. The molecule has 0 aromatic heterocycles. The molecule has 0 spiro atoms. The summed E-state index contributed by atoms with van der Waals surface area (Å²) in [4.78, 5) is 28.5. The van der Waals surface area contributed by atoms with Crippen LogP contribution >= 0.6 is 15.9 Å². The van der Waals surface area contributed by atoms with Gasteiger partial charge in [0, 0.05) is 0 Å². The molecule has 3 N–H and O–H groups in total. The van der Waals surface area contributed by atoms with Gasteiger partial charge >= 0.3 is 12.1 Å². The standard InChI is InChI=1S/C14H15BrN2O5/c1-14(12(18)19,10-7-11(15)17-22-10)16-13(20)21-8-9-5-3-2-4-6-9/h2-7,10,17H,8H2,1H3,(H,16,20)(H,18,19)/t10?,14-/m1/s1. The molecule has 0 bridgehead atoms. The fraction of sp³-hybridized carbons (Fsp3) is 0.286. The number of hydrogen-bond acceptors (Lipinski definition) is 5. The van der Waals surface area contributed by atoms with Gasteiger partial charge in [-0.05, 0) is 34.5 Å². The molecule has 0 saturated carbocycles. The zero-order valence-corrected chi connectivity index (χ0v) is 13.3. The zero-order chi connectivity index (χ0) is 16.2. The van der Waals surface area contributed by atoms with Gasteiger partial charge in [-0.3, -0.25) is 10.3 Å². The molecule has 1 aliphatic rings. The summed E-state index contributed by atoms with van der Waals surface area (Å²) in [5.41, 5.74) is 1.62. The number of carboxylic acid groups (broad SMARTS) is 1. The molecule has 2 atom stereocenters. The van der Waals surface area contributed by atoms with Crippen molar-refractivity contribution in [3.8, 4) is 0 Å². The van der Waals surface area contributed by atoms with Crippen LogP contribution in [0.25, 0.3) is 0 Å². The van der Waals surface area contributed by atoms with E-state index >= 15 is 0 Å². The number of carbonyl (C=O) groups excluding carboxylic acids is 1. The summed E-state index contributed by atoms with van der Waals surface area (Å²) in [6, 6.07) is 9.08. The highest BCUT2D eigenvalue weighted by Crippen LogP contribution is 2.23. The van der Waals surface area contributed by atoms with E-state index in [9.17, 15) is 14.7 Å². The molecule has 1 heterocycles. The first kappa shape index (κ1) is 16.3. The lowest BCUT2D eigenvalue weighted by molar-refractivity contribution is -0.150. The van der Waals surface area contributed by atoms with Crippen LogP contribution in [0.15, 0.2) is 41.0 Å². The minimum atomic E-state index is -1.67. The van der Waals surface area contributed by atoms with Crippen molar-refractivity contribution in [2.45, 2.75) is 25.2 Å². The monoisotopic (exact) mass is 370 g/mol. The molecule has 1 unspecified atom stereocenters. The van der Waals surface area contributed by atoms with Crippen molar-refractivity contribution in [1.29, 1.82) is 0 Å². The second-order valence-corrected chi connectivity index (χ2v) is 5.70. The molecule has 0 saturated heterocycles. The molecule has 0 fully saturated rings. The maximum absolute atomic E-state index is 11.9. The number of nitrogens with one attached hydrogen (secondary N) is 2. The summed E-state index contributed by atoms with van der Waals surface area (Å²) in [5, 5.41) is 11.7. The van der Waals surface area contributed by atoms with E-state index in [1.807, 2.05) is 18.2 Å². The van der Waals surface area contributed by atoms with Gasteiger partial charge in [-0.25, -0.2) is 9.59 Å². The summed E-state index contributed by atoms with van der Waals surface area (Å²) < 4.78 is 5.53. The molecule has 7 nitrogen and oxygen atoms in total. The fourth-order valence-electron chi connectivity index (χ4n) is 1.82. The quantitative estimate of drug-likeness (QED) is 0.684. The summed E-state index contributed by atoms with van der Waals surface area (Å²) in [7, 11) is 0. The Hall–Kier alpha value is -2.06. The molecule has 1 aromatic rings. The number of hydroxylamine groups is 1. The summed E-state index contributed by atoms with van der Waals surface area (Å²) in [5.74, 6) is -1.24. The lowest BCUT2D eigenvalue weighted by atomic mass is 9.95. The van der Waals surface area contributed by atoms with Gasteiger partial charge in [0.05, 0.1) is 0 Å². The third-order valence-corrected chi connectivity index (χ3v) is 3.60. The molecule has 1 aliphatic heterocycles. The Balaban J connectivity index is 1.99. The van der Waals surface area contributed by atoms with Crippen molar-refractivity contribution in [3.63, 3.8) is 0 Å². The number of ether oxygens (including phenoxy) is 1. The van der Waals surface area contributed by atoms with E-state index in [1.165, 1.54) is 13.0 Å². The van der Waals surface area contributed by atoms with Gasteiger partial charge in [0.1, 0.15) is 17.3 Å². The minimum absolute atomic E-state index is 0.0473. The first-order valence-corrected chi connectivity index (χ1v) is 7.22. The molecule has 8 heteroatoms. The average Bonchev–Trinajstić information content (AvgIpc) is 2.93. The summed E-state index contributed by atoms with van der Waals surface area (Å²) in [6.45, 7) is 1.39. The fourth-order valence-corrected chi connectivity index (χ4v) is 2.16. The number of amides is 1. The Kier molecular flexibility index (Phi) is 5.04. The molecule has 0 aliphatic carbocycles. The van der Waals surface area contributed by atoms with Gasteiger partial charge in [0.15, 0.2) is 5.54 Å². The van der Waals surface area contributed by atoms with E-state index in [0.717, 1.165) is 5.56 Å². The molecular weight excluding hydrogens is 356 g/mol. The van der Waals surface area contributed by atoms with E-state index in [-0.39, 0.29) is 6.61 Å². The third kappa shape index (κ3) is 3.77. The highest BCUT2D eigenvalue weighted by Gasteiger charge is 2.46. The van der Waals surface area contributed by atoms with Crippen molar-refractivity contribution < 1.29 is 24.3 Å². The van der Waals surface area contributed by atoms with Gasteiger partial charge in [0.25, 0.3) is 0 Å². The van der Waals surface area contributed by atoms with Crippen molar-refractivity contribution in [2.24, 2.45) is 0 Å². The number of hydrogen-bond donors (Lipinski definition) is 3. The molecule has 0 radical (unpaired) electrons. The summed E-state index contributed by atoms with van der Waals surface area (Å²) in [6.07, 6.45) is -0.219. The van der Waals surface area contributed by atoms with Gasteiger partial charge in [-0.15, -0.1) is 0 Å². The maximum atomic E-state index is 11.9. The molecule has 22 heavy (non-hydrogen) atoms. The van der Waals surface area contributed by atoms with E-state index < -0.39 is 23.7 Å². The predicted octanol–water partition coefficient (Wildman–Crippen LogP) is 1.90. The Morgan fingerprint density at radius 1 is 1.45 bits per heavy atom. The van der Waals surface area contributed by atoms with Crippen molar-refractivity contribution >= 4 is 28.0 Å². The van der Waals surface area contributed by atoms with Crippen LogP contribution in [0.1, 0.15) is 12.5 Å². The van der Waals surface area contributed by atoms with Crippen LogP contribution in [-0.2, 0) is 21.0 Å². The average molecular weight is 371 g/mol. The molecule has 1 amide bonds. The van der Waals surface area contributed by atoms with Crippen molar-refractivity contribution in [3.05, 3.63) is 46.6 Å². The smallest absolute Gasteiger partial charge is 0.408 e. The van der Waals surface area contributed by atoms with Crippen molar-refractivity contribution in [1.82, 2.24) is 10.8 Å². The van der Waals surface area contributed by atoms with Crippen LogP contribution in [0.4, 0.5) is 4.79 Å². The van der Waals surface area contributed by atoms with Gasteiger partial charge in [-0.2, -0.15) is 0 Å². The number of rotatable bonds is 5. The lowest BCUT2D eigenvalue weighted by Crippen LogP contribution is -2.60. The van der Waals surface area contributed by atoms with Crippen molar-refractivity contribution in [2.75, 3.05) is 0 Å². The number of alkyl carbamates (subject to hydrolysis) is 1. The predicted molar refractivity (Wildman–Crippen MR) is 80.8 cm³/mol. The Morgan fingerprint density at radius 2 is 2.14 bits per heavy atom. The normalized spacial score (nSPS) is 19.5. The number of aliphatic carboxylic acids is 1. The highest BCUT2D eigenvalue weighted by atomic mass is 79.9. The van der Waals surface area contributed by atoms with Gasteiger partial charge in [-0.1, -0.05) is 30.3 Å². The van der Waals surface area contributed by atoms with E-state index in [4.69, 9.17) is 9.57 Å². The number of carboxylic acids is 1. The Labute approximate surface area is 135 Å². The van der Waals surface area contributed by atoms with E-state index in [1.54, 1.807) is 12.1 Å². The topological polar surface area (TPSA) is 96.9 Å². The van der Waals surface area contributed by atoms with Crippen LogP contribution in [0.5, 0.6) is 0 Å². The Morgan fingerprint density at radius 3 is 2.68 bits per heavy atom. The van der Waals surface area contributed by atoms with E-state index in [0.29, 0.717) is 4.61 Å². The zero-order valence-electron chi connectivity index (χ0n) is 11.7. The van der Waals surface area contributed by atoms with Crippen LogP contribution in [-0.4, -0.2) is 28.8 Å². The van der Waals surface area contributed by atoms with Crippen LogP contribution < -0.4 is 10.8 Å². The molecule has 2 rings (SSSR count). The SMILES string of the molecule is C[C@](NC(=O)OCc1ccccc1)(C(=O)O)C1C=C(Br)NO1. The van der Waals surface area contributed by atoms with Gasteiger partial charge in [0.2, 0.25) is 0 Å². The first-order valence-electron chi connectivity index (χ1n) is 6.43.